The highest BCUT2D eigenvalue weighted by molar-refractivity contribution is 5.92. The van der Waals surface area contributed by atoms with Crippen molar-refractivity contribution >= 4 is 29.5 Å². The van der Waals surface area contributed by atoms with E-state index in [0.29, 0.717) is 31.2 Å². The van der Waals surface area contributed by atoms with Crippen LogP contribution >= 0.6 is 0 Å². The number of amides is 3. The van der Waals surface area contributed by atoms with Crippen LogP contribution in [0.3, 0.4) is 0 Å². The van der Waals surface area contributed by atoms with Crippen LogP contribution in [0.1, 0.15) is 51.0 Å². The number of esters is 1. The predicted molar refractivity (Wildman–Crippen MR) is 165 cm³/mol. The lowest BCUT2D eigenvalue weighted by Crippen LogP contribution is -2.55. The van der Waals surface area contributed by atoms with Crippen molar-refractivity contribution in [3.05, 3.63) is 29.8 Å². The second-order valence-corrected chi connectivity index (χ2v) is 11.0. The number of methoxy groups -OCH3 is 1. The number of hydrogen-bond donors (Lipinski definition) is 10. The van der Waals surface area contributed by atoms with Crippen LogP contribution in [0, 0.1) is 0 Å². The van der Waals surface area contributed by atoms with Crippen molar-refractivity contribution in [2.24, 2.45) is 5.73 Å². The molecule has 0 aromatic heterocycles. The van der Waals surface area contributed by atoms with Crippen LogP contribution in [0.15, 0.2) is 24.3 Å². The zero-order chi connectivity index (χ0) is 34.8. The van der Waals surface area contributed by atoms with Crippen LogP contribution < -0.4 is 27.0 Å². The molecule has 11 N–H and O–H groups in total. The summed E-state index contributed by atoms with van der Waals surface area (Å²) in [5.74, 6) is -3.75. The van der Waals surface area contributed by atoms with Crippen LogP contribution in [0.4, 0.5) is 0 Å². The topological polar surface area (TPSA) is 270 Å². The first kappa shape index (κ1) is 40.4. The molecule has 0 radical (unpaired) electrons. The third-order valence-electron chi connectivity index (χ3n) is 7.24. The Labute approximate surface area is 268 Å². The van der Waals surface area contributed by atoms with Crippen LogP contribution in [0.5, 0.6) is 5.75 Å². The fourth-order valence-electron chi connectivity index (χ4n) is 4.38. The van der Waals surface area contributed by atoms with E-state index in [1.807, 2.05) is 0 Å². The number of carbonyl (C=O) groups excluding carboxylic acids is 5. The zero-order valence-corrected chi connectivity index (χ0v) is 26.5. The van der Waals surface area contributed by atoms with Crippen LogP contribution in [-0.4, -0.2) is 125 Å². The second-order valence-electron chi connectivity index (χ2n) is 11.0. The monoisotopic (exact) mass is 655 g/mol. The minimum Gasteiger partial charge on any atom is -0.508 e. The lowest BCUT2D eigenvalue weighted by Gasteiger charge is -2.24. The molecule has 0 saturated heterocycles. The van der Waals surface area contributed by atoms with Crippen molar-refractivity contribution in [3.63, 3.8) is 0 Å². The van der Waals surface area contributed by atoms with Gasteiger partial charge in [0.1, 0.15) is 36.1 Å². The number of phenolic OH excluding ortho intramolecular Hbond substituents is 1. The normalized spacial score (nSPS) is 15.7. The molecule has 1 aromatic rings. The number of Topliss-reactive ketones (excluding diaryl/α,β-unsaturated/α-hetero) is 1. The minimum atomic E-state index is -2.11. The van der Waals surface area contributed by atoms with Gasteiger partial charge in [-0.05, 0) is 76.7 Å². The number of nitrogens with one attached hydrogen (secondary N) is 4. The van der Waals surface area contributed by atoms with Gasteiger partial charge < -0.3 is 57.3 Å². The molecule has 16 heteroatoms. The molecule has 260 valence electrons. The van der Waals surface area contributed by atoms with Crippen LogP contribution in [-0.2, 0) is 35.1 Å². The first-order chi connectivity index (χ1) is 21.7. The van der Waals surface area contributed by atoms with E-state index in [4.69, 9.17) is 10.5 Å². The van der Waals surface area contributed by atoms with Gasteiger partial charge in [0, 0.05) is 13.0 Å². The summed E-state index contributed by atoms with van der Waals surface area (Å²) in [7, 11) is 3.02. The molecule has 7 atom stereocenters. The van der Waals surface area contributed by atoms with Gasteiger partial charge in [-0.3, -0.25) is 19.2 Å². The predicted octanol–water partition coefficient (Wildman–Crippen LogP) is -2.89. The van der Waals surface area contributed by atoms with Crippen molar-refractivity contribution in [2.45, 2.75) is 94.4 Å². The van der Waals surface area contributed by atoms with E-state index < -0.39 is 72.0 Å². The number of aromatic hydroxyl groups is 1. The Hall–Kier alpha value is -3.67. The molecule has 16 nitrogen and oxygen atoms in total. The van der Waals surface area contributed by atoms with E-state index in [2.05, 4.69) is 21.3 Å². The summed E-state index contributed by atoms with van der Waals surface area (Å²) in [5.41, 5.74) is 6.69. The zero-order valence-electron chi connectivity index (χ0n) is 26.5. The fraction of sp³-hybridized carbons (Fsp3) is 0.633. The van der Waals surface area contributed by atoms with Gasteiger partial charge in [-0.15, -0.1) is 0 Å². The van der Waals surface area contributed by atoms with Crippen molar-refractivity contribution < 1.29 is 54.2 Å². The van der Waals surface area contributed by atoms with Crippen molar-refractivity contribution in [2.75, 3.05) is 27.2 Å². The lowest BCUT2D eigenvalue weighted by atomic mass is 10.0. The molecular weight excluding hydrogens is 606 g/mol. The summed E-state index contributed by atoms with van der Waals surface area (Å²) in [5, 5.41) is 59.3. The first-order valence-corrected chi connectivity index (χ1v) is 15.1. The number of nitrogens with two attached hydrogens (primary N) is 1. The Bertz CT molecular complexity index is 1120. The molecule has 1 aromatic carbocycles. The average Bonchev–Trinajstić information content (AvgIpc) is 3.04. The summed E-state index contributed by atoms with van der Waals surface area (Å²) in [4.78, 5) is 61.9. The Kier molecular flexibility index (Phi) is 18.6. The van der Waals surface area contributed by atoms with Crippen molar-refractivity contribution in [3.8, 4) is 5.75 Å². The Balaban J connectivity index is 2.74. The molecule has 0 spiro atoms. The van der Waals surface area contributed by atoms with E-state index in [-0.39, 0.29) is 25.1 Å². The van der Waals surface area contributed by atoms with Gasteiger partial charge >= 0.3 is 5.97 Å². The maximum absolute atomic E-state index is 13.3. The van der Waals surface area contributed by atoms with Crippen LogP contribution in [0.25, 0.3) is 0 Å². The highest BCUT2D eigenvalue weighted by Gasteiger charge is 2.36. The number of ketones is 1. The molecule has 0 aliphatic heterocycles. The molecule has 0 aliphatic carbocycles. The summed E-state index contributed by atoms with van der Waals surface area (Å²) < 4.78 is 4.84. The van der Waals surface area contributed by atoms with Gasteiger partial charge in [0.05, 0.1) is 13.2 Å². The van der Waals surface area contributed by atoms with E-state index in [9.17, 15) is 49.5 Å². The lowest BCUT2D eigenvalue weighted by molar-refractivity contribution is -0.153. The van der Waals surface area contributed by atoms with E-state index >= 15 is 0 Å². The van der Waals surface area contributed by atoms with E-state index in [0.717, 1.165) is 19.9 Å². The Morgan fingerprint density at radius 2 is 1.35 bits per heavy atom. The van der Waals surface area contributed by atoms with Gasteiger partial charge in [-0.2, -0.15) is 0 Å². The fourth-order valence-corrected chi connectivity index (χ4v) is 4.38. The van der Waals surface area contributed by atoms with Gasteiger partial charge in [0.2, 0.25) is 11.8 Å². The van der Waals surface area contributed by atoms with Gasteiger partial charge in [0.25, 0.3) is 5.91 Å². The number of ether oxygens (including phenoxy) is 1. The molecule has 5 unspecified atom stereocenters. The third-order valence-corrected chi connectivity index (χ3v) is 7.24. The molecule has 0 saturated carbocycles. The standard InChI is InChI=1S/C30H49N5O11/c1-17(36)23(38)24(39)25(40)26(41)29(44)33-15-7-4-8-20(31)27(42)35-22(16-18-10-12-19(37)13-11-18)28(43)34-21(30(45)46-3)9-5-6-14-32-2/h10-13,20-26,32,37-41H,4-9,14-16,31H2,1-3H3,(H,33,44)(H,34,43)(H,35,42)/t20-,21?,22-,23?,24?,25?,26?/m0/s1. The molecule has 46 heavy (non-hydrogen) atoms. The van der Waals surface area contributed by atoms with Crippen LogP contribution in [0.2, 0.25) is 0 Å². The third kappa shape index (κ3) is 14.2. The molecule has 0 aliphatic rings. The molecule has 0 fully saturated rings. The number of rotatable bonds is 22. The van der Waals surface area contributed by atoms with E-state index in [1.54, 1.807) is 19.2 Å². The second kappa shape index (κ2) is 21.2. The number of phenols is 1. The minimum absolute atomic E-state index is 0.0113. The number of hydrogen-bond acceptors (Lipinski definition) is 13. The van der Waals surface area contributed by atoms with E-state index in [1.165, 1.54) is 19.2 Å². The number of aliphatic hydroxyl groups is 4. The summed E-state index contributed by atoms with van der Waals surface area (Å²) in [6.45, 7) is 1.71. The average molecular weight is 656 g/mol. The maximum Gasteiger partial charge on any atom is 0.328 e. The summed E-state index contributed by atoms with van der Waals surface area (Å²) >= 11 is 0. The molecule has 3 amide bonds. The van der Waals surface area contributed by atoms with Crippen molar-refractivity contribution in [1.29, 1.82) is 0 Å². The first-order valence-electron chi connectivity index (χ1n) is 15.1. The number of unbranched alkanes of at least 4 members (excludes halogenated alkanes) is 2. The number of benzene rings is 1. The molecule has 1 rings (SSSR count). The highest BCUT2D eigenvalue weighted by atomic mass is 16.5. The molecular formula is C30H49N5O11. The molecule has 0 bridgehead atoms. The number of carbonyl (C=O) groups is 5. The quantitative estimate of drug-likeness (QED) is 0.0445. The van der Waals surface area contributed by atoms with Gasteiger partial charge in [-0.1, -0.05) is 12.1 Å². The smallest absolute Gasteiger partial charge is 0.328 e. The summed E-state index contributed by atoms with van der Waals surface area (Å²) in [6, 6.07) is 2.97. The number of aliphatic hydroxyl groups excluding tert-OH is 4. The summed E-state index contributed by atoms with van der Waals surface area (Å²) in [6.07, 6.45) is -5.70. The van der Waals surface area contributed by atoms with Gasteiger partial charge in [0.15, 0.2) is 11.9 Å². The Morgan fingerprint density at radius 1 is 0.783 bits per heavy atom. The Morgan fingerprint density at radius 3 is 1.93 bits per heavy atom. The SMILES string of the molecule is CNCCCCC(NC(=O)[C@H](Cc1ccc(O)cc1)NC(=O)[C@@H](N)CCCCNC(=O)C(O)C(O)C(O)C(O)C(C)=O)C(=O)OC. The van der Waals surface area contributed by atoms with Crippen molar-refractivity contribution in [1.82, 2.24) is 21.3 Å². The molecule has 0 heterocycles. The van der Waals surface area contributed by atoms with Gasteiger partial charge in [-0.25, -0.2) is 4.79 Å². The maximum atomic E-state index is 13.3. The highest BCUT2D eigenvalue weighted by Crippen LogP contribution is 2.13. The largest absolute Gasteiger partial charge is 0.508 e.